The van der Waals surface area contributed by atoms with Crippen molar-refractivity contribution in [3.63, 3.8) is 0 Å². The molecule has 13 heavy (non-hydrogen) atoms. The Hall–Kier alpha value is -0.0800. The molecule has 0 aliphatic carbocycles. The van der Waals surface area contributed by atoms with Crippen LogP contribution in [0.3, 0.4) is 0 Å². The van der Waals surface area contributed by atoms with Crippen LogP contribution < -0.4 is 5.32 Å². The number of nitrogens with zero attached hydrogens (tertiary/aromatic N) is 1. The number of rotatable bonds is 6. The fourth-order valence-corrected chi connectivity index (χ4v) is 1.59. The zero-order valence-corrected chi connectivity index (χ0v) is 10.1. The highest BCUT2D eigenvalue weighted by Crippen LogP contribution is 2.06. The van der Waals surface area contributed by atoms with Crippen molar-refractivity contribution in [2.75, 3.05) is 20.1 Å². The summed E-state index contributed by atoms with van der Waals surface area (Å²) in [6.07, 6.45) is 0. The summed E-state index contributed by atoms with van der Waals surface area (Å²) < 4.78 is 0. The number of hydrogen-bond donors (Lipinski definition) is 1. The van der Waals surface area contributed by atoms with Crippen LogP contribution in [0.2, 0.25) is 0 Å². The fourth-order valence-electron chi connectivity index (χ4n) is 1.59. The van der Waals surface area contributed by atoms with Gasteiger partial charge in [-0.1, -0.05) is 20.8 Å². The quantitative estimate of drug-likeness (QED) is 0.682. The molecular formula is C11H26N2. The lowest BCUT2D eigenvalue weighted by Gasteiger charge is -2.31. The molecule has 0 saturated heterocycles. The monoisotopic (exact) mass is 186 g/mol. The highest BCUT2D eigenvalue weighted by atomic mass is 15.2. The normalized spacial score (nSPS) is 14.5. The maximum Gasteiger partial charge on any atom is 0.0215 e. The molecule has 0 aromatic rings. The largest absolute Gasteiger partial charge is 0.315 e. The highest BCUT2D eigenvalue weighted by Gasteiger charge is 2.16. The first-order valence-electron chi connectivity index (χ1n) is 5.44. The minimum absolute atomic E-state index is 0.613. The molecule has 0 fully saturated rings. The second-order valence-corrected chi connectivity index (χ2v) is 4.32. The molecule has 0 aliphatic rings. The van der Waals surface area contributed by atoms with E-state index in [1.54, 1.807) is 0 Å². The molecule has 1 N–H and O–H groups in total. The van der Waals surface area contributed by atoms with E-state index in [9.17, 15) is 0 Å². The lowest BCUT2D eigenvalue weighted by Crippen LogP contribution is -2.45. The Morgan fingerprint density at radius 1 is 1.15 bits per heavy atom. The molecule has 0 spiro atoms. The van der Waals surface area contributed by atoms with Crippen molar-refractivity contribution in [1.82, 2.24) is 10.2 Å². The third kappa shape index (κ3) is 4.63. The van der Waals surface area contributed by atoms with Crippen LogP contribution in [-0.4, -0.2) is 37.1 Å². The molecule has 0 bridgehead atoms. The van der Waals surface area contributed by atoms with Crippen LogP contribution in [0.4, 0.5) is 0 Å². The van der Waals surface area contributed by atoms with Gasteiger partial charge < -0.3 is 5.32 Å². The topological polar surface area (TPSA) is 15.3 Å². The molecule has 80 valence electrons. The van der Waals surface area contributed by atoms with Gasteiger partial charge in [-0.25, -0.2) is 0 Å². The van der Waals surface area contributed by atoms with Crippen LogP contribution in [0.15, 0.2) is 0 Å². The molecule has 2 heteroatoms. The zero-order chi connectivity index (χ0) is 10.4. The summed E-state index contributed by atoms with van der Waals surface area (Å²) in [6, 6.07) is 1.27. The zero-order valence-electron chi connectivity index (χ0n) is 10.1. The van der Waals surface area contributed by atoms with E-state index in [0.717, 1.165) is 13.1 Å². The van der Waals surface area contributed by atoms with Crippen molar-refractivity contribution in [3.8, 4) is 0 Å². The Morgan fingerprint density at radius 3 is 1.92 bits per heavy atom. The first-order valence-corrected chi connectivity index (χ1v) is 5.44. The first-order chi connectivity index (χ1) is 6.02. The van der Waals surface area contributed by atoms with Crippen LogP contribution >= 0.6 is 0 Å². The summed E-state index contributed by atoms with van der Waals surface area (Å²) in [6.45, 7) is 13.6. The summed E-state index contributed by atoms with van der Waals surface area (Å²) in [5.41, 5.74) is 0. The van der Waals surface area contributed by atoms with Gasteiger partial charge in [0.2, 0.25) is 0 Å². The Kier molecular flexibility index (Phi) is 6.35. The third-order valence-corrected chi connectivity index (χ3v) is 2.74. The Bertz CT molecular complexity index is 107. The number of likely N-dealkylation sites (N-methyl/N-ethyl adjacent to an activating group) is 2. The lowest BCUT2D eigenvalue weighted by molar-refractivity contribution is 0.192. The van der Waals surface area contributed by atoms with Gasteiger partial charge in [-0.15, -0.1) is 0 Å². The Balaban J connectivity index is 4.03. The Morgan fingerprint density at radius 2 is 1.69 bits per heavy atom. The maximum absolute atomic E-state index is 3.38. The van der Waals surface area contributed by atoms with Crippen molar-refractivity contribution >= 4 is 0 Å². The van der Waals surface area contributed by atoms with Crippen molar-refractivity contribution in [2.45, 2.75) is 46.7 Å². The van der Waals surface area contributed by atoms with Crippen molar-refractivity contribution in [2.24, 2.45) is 5.92 Å². The first kappa shape index (κ1) is 12.9. The molecule has 0 radical (unpaired) electrons. The van der Waals surface area contributed by atoms with E-state index < -0.39 is 0 Å². The standard InChI is InChI=1S/C11H26N2/c1-7-13(10(4)5)8-11(12-6)9(2)3/h9-12H,7-8H2,1-6H3. The van der Waals surface area contributed by atoms with Gasteiger partial charge in [0.1, 0.15) is 0 Å². The molecule has 0 rings (SSSR count). The van der Waals surface area contributed by atoms with Crippen LogP contribution in [0.1, 0.15) is 34.6 Å². The van der Waals surface area contributed by atoms with Gasteiger partial charge in [0.05, 0.1) is 0 Å². The summed E-state index contributed by atoms with van der Waals surface area (Å²) in [4.78, 5) is 2.50. The molecule has 1 unspecified atom stereocenters. The number of nitrogens with one attached hydrogen (secondary N) is 1. The third-order valence-electron chi connectivity index (χ3n) is 2.74. The van der Waals surface area contributed by atoms with E-state index in [0.29, 0.717) is 18.0 Å². The van der Waals surface area contributed by atoms with E-state index in [4.69, 9.17) is 0 Å². The second kappa shape index (κ2) is 6.39. The predicted octanol–water partition coefficient (Wildman–Crippen LogP) is 1.96. The van der Waals surface area contributed by atoms with Crippen molar-refractivity contribution in [3.05, 3.63) is 0 Å². The molecule has 0 aliphatic heterocycles. The van der Waals surface area contributed by atoms with Gasteiger partial charge in [0, 0.05) is 18.6 Å². The smallest absolute Gasteiger partial charge is 0.0215 e. The minimum Gasteiger partial charge on any atom is -0.315 e. The molecule has 0 aromatic carbocycles. The summed E-state index contributed by atoms with van der Waals surface area (Å²) in [5.74, 6) is 0.706. The predicted molar refractivity (Wildman–Crippen MR) is 60.1 cm³/mol. The summed E-state index contributed by atoms with van der Waals surface area (Å²) in [7, 11) is 2.05. The van der Waals surface area contributed by atoms with Gasteiger partial charge in [0.25, 0.3) is 0 Å². The van der Waals surface area contributed by atoms with E-state index in [-0.39, 0.29) is 0 Å². The molecule has 0 saturated carbocycles. The lowest BCUT2D eigenvalue weighted by atomic mass is 10.0. The average molecular weight is 186 g/mol. The van der Waals surface area contributed by atoms with Crippen molar-refractivity contribution < 1.29 is 0 Å². The van der Waals surface area contributed by atoms with Crippen LogP contribution in [0.5, 0.6) is 0 Å². The maximum atomic E-state index is 3.38. The van der Waals surface area contributed by atoms with Crippen LogP contribution in [0, 0.1) is 5.92 Å². The molecule has 0 amide bonds. The Labute approximate surface area is 83.7 Å². The summed E-state index contributed by atoms with van der Waals surface area (Å²) in [5, 5.41) is 3.38. The molecule has 0 heterocycles. The molecule has 0 aromatic heterocycles. The SMILES string of the molecule is CCN(CC(NC)C(C)C)C(C)C. The van der Waals surface area contributed by atoms with Crippen LogP contribution in [0.25, 0.3) is 0 Å². The van der Waals surface area contributed by atoms with E-state index in [2.05, 4.69) is 51.9 Å². The second-order valence-electron chi connectivity index (χ2n) is 4.32. The molecule has 2 nitrogen and oxygen atoms in total. The molecular weight excluding hydrogens is 160 g/mol. The van der Waals surface area contributed by atoms with E-state index in [1.165, 1.54) is 0 Å². The number of hydrogen-bond acceptors (Lipinski definition) is 2. The van der Waals surface area contributed by atoms with E-state index in [1.807, 2.05) is 0 Å². The van der Waals surface area contributed by atoms with Gasteiger partial charge in [-0.2, -0.15) is 0 Å². The highest BCUT2D eigenvalue weighted by molar-refractivity contribution is 4.74. The summed E-state index contributed by atoms with van der Waals surface area (Å²) >= 11 is 0. The molecule has 1 atom stereocenters. The van der Waals surface area contributed by atoms with E-state index >= 15 is 0 Å². The van der Waals surface area contributed by atoms with Crippen LogP contribution in [-0.2, 0) is 0 Å². The minimum atomic E-state index is 0.613. The van der Waals surface area contributed by atoms with Gasteiger partial charge >= 0.3 is 0 Å². The average Bonchev–Trinajstić information content (AvgIpc) is 2.05. The van der Waals surface area contributed by atoms with Gasteiger partial charge in [-0.3, -0.25) is 4.90 Å². The van der Waals surface area contributed by atoms with Gasteiger partial charge in [0.15, 0.2) is 0 Å². The van der Waals surface area contributed by atoms with Crippen molar-refractivity contribution in [1.29, 1.82) is 0 Å². The fraction of sp³-hybridized carbons (Fsp3) is 1.00. The van der Waals surface area contributed by atoms with Gasteiger partial charge in [-0.05, 0) is 33.4 Å².